The van der Waals surface area contributed by atoms with Crippen LogP contribution in [0.1, 0.15) is 13.3 Å². The Kier molecular flexibility index (Phi) is 1.90. The van der Waals surface area contributed by atoms with Crippen LogP contribution in [0.2, 0.25) is 0 Å². The highest BCUT2D eigenvalue weighted by atomic mass is 32.1. The van der Waals surface area contributed by atoms with Crippen molar-refractivity contribution >= 4 is 12.6 Å². The second kappa shape index (κ2) is 2.64. The molecule has 0 spiro atoms. The van der Waals surface area contributed by atoms with Crippen molar-refractivity contribution in [1.82, 2.24) is 10.6 Å². The van der Waals surface area contributed by atoms with E-state index < -0.39 is 0 Å². The Morgan fingerprint density at radius 1 is 1.45 bits per heavy atom. The number of thiol groups is 1. The fraction of sp³-hybridized carbons (Fsp3) is 1.00. The summed E-state index contributed by atoms with van der Waals surface area (Å²) >= 11 is 4.71. The number of fused-ring (bicyclic) bond motifs is 1. The SMILES string of the molecule is CC1(S)CCNC2CNCC21. The van der Waals surface area contributed by atoms with Crippen molar-refractivity contribution < 1.29 is 0 Å². The van der Waals surface area contributed by atoms with Crippen LogP contribution in [0.15, 0.2) is 0 Å². The Morgan fingerprint density at radius 3 is 3.00 bits per heavy atom. The highest BCUT2D eigenvalue weighted by molar-refractivity contribution is 7.81. The first-order valence-corrected chi connectivity index (χ1v) is 4.81. The fourth-order valence-corrected chi connectivity index (χ4v) is 2.63. The minimum absolute atomic E-state index is 0.249. The van der Waals surface area contributed by atoms with E-state index in [1.165, 1.54) is 6.42 Å². The van der Waals surface area contributed by atoms with Gasteiger partial charge in [-0.3, -0.25) is 0 Å². The lowest BCUT2D eigenvalue weighted by Crippen LogP contribution is -2.51. The largest absolute Gasteiger partial charge is 0.315 e. The van der Waals surface area contributed by atoms with E-state index >= 15 is 0 Å². The second-order valence-corrected chi connectivity index (χ2v) is 4.95. The van der Waals surface area contributed by atoms with Gasteiger partial charge in [-0.15, -0.1) is 0 Å². The number of piperidine rings is 1. The van der Waals surface area contributed by atoms with E-state index in [0.717, 1.165) is 25.6 Å². The van der Waals surface area contributed by atoms with Gasteiger partial charge >= 0.3 is 0 Å². The molecule has 0 aliphatic carbocycles. The number of rotatable bonds is 0. The maximum atomic E-state index is 4.71. The van der Waals surface area contributed by atoms with Crippen LogP contribution < -0.4 is 10.6 Å². The van der Waals surface area contributed by atoms with E-state index in [0.29, 0.717) is 6.04 Å². The molecule has 0 amide bonds. The van der Waals surface area contributed by atoms with E-state index in [1.807, 2.05) is 0 Å². The number of hydrogen-bond donors (Lipinski definition) is 3. The Hall–Kier alpha value is 0.270. The number of nitrogens with one attached hydrogen (secondary N) is 2. The Balaban J connectivity index is 2.13. The third-order valence-electron chi connectivity index (χ3n) is 3.05. The van der Waals surface area contributed by atoms with Crippen molar-refractivity contribution in [2.45, 2.75) is 24.1 Å². The molecule has 0 radical (unpaired) electrons. The summed E-state index contributed by atoms with van der Waals surface area (Å²) in [4.78, 5) is 0. The van der Waals surface area contributed by atoms with Crippen LogP contribution in [0.25, 0.3) is 0 Å². The highest BCUT2D eigenvalue weighted by Gasteiger charge is 2.41. The summed E-state index contributed by atoms with van der Waals surface area (Å²) in [6, 6.07) is 0.672. The Bertz CT molecular complexity index is 158. The Labute approximate surface area is 73.5 Å². The molecule has 2 aliphatic rings. The summed E-state index contributed by atoms with van der Waals surface area (Å²) in [5, 5.41) is 6.93. The van der Waals surface area contributed by atoms with Gasteiger partial charge in [0.25, 0.3) is 0 Å². The van der Waals surface area contributed by atoms with Crippen LogP contribution in [0.3, 0.4) is 0 Å². The van der Waals surface area contributed by atoms with Crippen molar-refractivity contribution in [2.24, 2.45) is 5.92 Å². The van der Waals surface area contributed by atoms with Crippen LogP contribution in [-0.2, 0) is 0 Å². The molecular formula is C8H16N2S. The maximum Gasteiger partial charge on any atom is 0.0245 e. The van der Waals surface area contributed by atoms with Gasteiger partial charge in [0.1, 0.15) is 0 Å². The van der Waals surface area contributed by atoms with E-state index in [4.69, 9.17) is 12.6 Å². The molecular weight excluding hydrogens is 156 g/mol. The second-order valence-electron chi connectivity index (χ2n) is 3.93. The van der Waals surface area contributed by atoms with Crippen LogP contribution in [0.4, 0.5) is 0 Å². The molecule has 2 heterocycles. The molecule has 2 nitrogen and oxygen atoms in total. The van der Waals surface area contributed by atoms with Gasteiger partial charge in [-0.25, -0.2) is 0 Å². The molecule has 2 rings (SSSR count). The number of hydrogen-bond acceptors (Lipinski definition) is 3. The smallest absolute Gasteiger partial charge is 0.0245 e. The summed E-state index contributed by atoms with van der Waals surface area (Å²) in [6.45, 7) is 5.66. The van der Waals surface area contributed by atoms with E-state index in [1.54, 1.807) is 0 Å². The third-order valence-corrected chi connectivity index (χ3v) is 3.61. The van der Waals surface area contributed by atoms with E-state index in [9.17, 15) is 0 Å². The average Bonchev–Trinajstić information content (AvgIpc) is 2.34. The molecule has 3 heteroatoms. The molecule has 2 N–H and O–H groups in total. The third kappa shape index (κ3) is 1.30. The van der Waals surface area contributed by atoms with Gasteiger partial charge in [-0.05, 0) is 13.0 Å². The summed E-state index contributed by atoms with van der Waals surface area (Å²) in [5.74, 6) is 0.722. The molecule has 64 valence electrons. The topological polar surface area (TPSA) is 24.1 Å². The molecule has 0 aromatic rings. The molecule has 0 bridgehead atoms. The van der Waals surface area contributed by atoms with E-state index in [-0.39, 0.29) is 4.75 Å². The summed E-state index contributed by atoms with van der Waals surface area (Å²) < 4.78 is 0.249. The molecule has 2 fully saturated rings. The van der Waals surface area contributed by atoms with Gasteiger partial charge in [-0.1, -0.05) is 6.92 Å². The van der Waals surface area contributed by atoms with Gasteiger partial charge in [0.2, 0.25) is 0 Å². The average molecular weight is 172 g/mol. The van der Waals surface area contributed by atoms with Crippen LogP contribution in [-0.4, -0.2) is 30.4 Å². The maximum absolute atomic E-state index is 4.71. The van der Waals surface area contributed by atoms with Crippen molar-refractivity contribution in [1.29, 1.82) is 0 Å². The first-order valence-electron chi connectivity index (χ1n) is 4.37. The molecule has 2 aliphatic heterocycles. The lowest BCUT2D eigenvalue weighted by atomic mass is 9.83. The van der Waals surface area contributed by atoms with E-state index in [2.05, 4.69) is 17.6 Å². The summed E-state index contributed by atoms with van der Waals surface area (Å²) in [7, 11) is 0. The normalized spacial score (nSPS) is 50.7. The molecule has 0 aromatic heterocycles. The van der Waals surface area contributed by atoms with Crippen LogP contribution in [0, 0.1) is 5.92 Å². The summed E-state index contributed by atoms with van der Waals surface area (Å²) in [6.07, 6.45) is 1.19. The van der Waals surface area contributed by atoms with Gasteiger partial charge < -0.3 is 10.6 Å². The van der Waals surface area contributed by atoms with Gasteiger partial charge in [0, 0.05) is 29.8 Å². The van der Waals surface area contributed by atoms with Crippen molar-refractivity contribution in [2.75, 3.05) is 19.6 Å². The van der Waals surface area contributed by atoms with Crippen LogP contribution >= 0.6 is 12.6 Å². The standard InChI is InChI=1S/C8H16N2S/c1-8(11)2-3-10-7-5-9-4-6(7)8/h6-7,9-11H,2-5H2,1H3. The predicted molar refractivity (Wildman–Crippen MR) is 50.2 cm³/mol. The van der Waals surface area contributed by atoms with Crippen LogP contribution in [0.5, 0.6) is 0 Å². The van der Waals surface area contributed by atoms with Gasteiger partial charge in [0.15, 0.2) is 0 Å². The van der Waals surface area contributed by atoms with Crippen molar-refractivity contribution in [3.8, 4) is 0 Å². The minimum Gasteiger partial charge on any atom is -0.315 e. The van der Waals surface area contributed by atoms with Gasteiger partial charge in [0.05, 0.1) is 0 Å². The quantitative estimate of drug-likeness (QED) is 0.457. The zero-order valence-corrected chi connectivity index (χ0v) is 7.82. The molecule has 3 unspecified atom stereocenters. The molecule has 11 heavy (non-hydrogen) atoms. The lowest BCUT2D eigenvalue weighted by Gasteiger charge is -2.39. The first-order chi connectivity index (χ1) is 5.20. The molecule has 3 atom stereocenters. The van der Waals surface area contributed by atoms with Gasteiger partial charge in [-0.2, -0.15) is 12.6 Å². The fourth-order valence-electron chi connectivity index (χ4n) is 2.24. The minimum atomic E-state index is 0.249. The molecule has 0 aromatic carbocycles. The first kappa shape index (κ1) is 7.90. The summed E-state index contributed by atoms with van der Waals surface area (Å²) in [5.41, 5.74) is 0. The lowest BCUT2D eigenvalue weighted by molar-refractivity contribution is 0.281. The zero-order chi connectivity index (χ0) is 7.90. The molecule has 2 saturated heterocycles. The van der Waals surface area contributed by atoms with Crippen molar-refractivity contribution in [3.05, 3.63) is 0 Å². The van der Waals surface area contributed by atoms with Crippen molar-refractivity contribution in [3.63, 3.8) is 0 Å². The highest BCUT2D eigenvalue weighted by Crippen LogP contribution is 2.35. The zero-order valence-electron chi connectivity index (χ0n) is 6.93. The Morgan fingerprint density at radius 2 is 2.27 bits per heavy atom. The monoisotopic (exact) mass is 172 g/mol. The molecule has 0 saturated carbocycles. The predicted octanol–water partition coefficient (Wildman–Crippen LogP) is 0.256.